The topological polar surface area (TPSA) is 56.1 Å². The Morgan fingerprint density at radius 1 is 1.22 bits per heavy atom. The van der Waals surface area contributed by atoms with Gasteiger partial charge in [-0.2, -0.15) is 0 Å². The van der Waals surface area contributed by atoms with Crippen molar-refractivity contribution in [2.75, 3.05) is 14.2 Å². The Kier molecular flexibility index (Phi) is 3.58. The fraction of sp³-hybridized carbons (Fsp3) is 0.308. The van der Waals surface area contributed by atoms with Gasteiger partial charge in [-0.05, 0) is 18.8 Å². The molecule has 0 saturated carbocycles. The molecule has 92 valence electrons. The van der Waals surface area contributed by atoms with Crippen molar-refractivity contribution < 1.29 is 9.47 Å². The minimum atomic E-state index is -0.0416. The first kappa shape index (κ1) is 12.1. The molecule has 0 saturated heterocycles. The molecular weight excluding hydrogens is 230 g/mol. The van der Waals surface area contributed by atoms with Crippen molar-refractivity contribution in [1.29, 1.82) is 0 Å². The fourth-order valence-electron chi connectivity index (χ4n) is 1.42. The molecule has 0 fully saturated rings. The normalized spacial score (nSPS) is 16.8. The van der Waals surface area contributed by atoms with Crippen LogP contribution in [0.5, 0.6) is 11.5 Å². The number of nitrogens with zero attached hydrogens (tertiary/aromatic N) is 3. The summed E-state index contributed by atoms with van der Waals surface area (Å²) in [4.78, 5) is 12.5. The van der Waals surface area contributed by atoms with Crippen molar-refractivity contribution in [1.82, 2.24) is 4.98 Å². The summed E-state index contributed by atoms with van der Waals surface area (Å²) in [5, 5.41) is 0. The average Bonchev–Trinajstić information content (AvgIpc) is 2.82. The quantitative estimate of drug-likeness (QED) is 0.736. The van der Waals surface area contributed by atoms with Gasteiger partial charge < -0.3 is 9.47 Å². The molecule has 1 aliphatic rings. The molecule has 18 heavy (non-hydrogen) atoms. The third-order valence-corrected chi connectivity index (χ3v) is 2.33. The Bertz CT molecular complexity index is 567. The predicted octanol–water partition coefficient (Wildman–Crippen LogP) is 1.32. The van der Waals surface area contributed by atoms with Crippen LogP contribution in [0, 0.1) is 11.8 Å². The van der Waals surface area contributed by atoms with E-state index in [-0.39, 0.29) is 6.17 Å². The van der Waals surface area contributed by atoms with E-state index in [1.165, 1.54) is 0 Å². The molecule has 0 amide bonds. The van der Waals surface area contributed by atoms with E-state index in [1.807, 2.05) is 6.92 Å². The molecule has 1 unspecified atom stereocenters. The largest absolute Gasteiger partial charge is 0.495 e. The monoisotopic (exact) mass is 243 g/mol. The van der Waals surface area contributed by atoms with Crippen molar-refractivity contribution in [3.05, 3.63) is 18.0 Å². The molecule has 5 heteroatoms. The second-order valence-corrected chi connectivity index (χ2v) is 3.60. The van der Waals surface area contributed by atoms with Crippen LogP contribution >= 0.6 is 0 Å². The van der Waals surface area contributed by atoms with Crippen LogP contribution in [0.2, 0.25) is 0 Å². The zero-order chi connectivity index (χ0) is 13.0. The van der Waals surface area contributed by atoms with Gasteiger partial charge >= 0.3 is 0 Å². The Morgan fingerprint density at radius 2 is 2.06 bits per heavy atom. The van der Waals surface area contributed by atoms with Gasteiger partial charge in [0.2, 0.25) is 0 Å². The van der Waals surface area contributed by atoms with Gasteiger partial charge in [0.15, 0.2) is 11.4 Å². The molecule has 2 heterocycles. The Hall–Kier alpha value is -2.35. The van der Waals surface area contributed by atoms with Crippen molar-refractivity contribution in [3.63, 3.8) is 0 Å². The minimum Gasteiger partial charge on any atom is -0.495 e. The summed E-state index contributed by atoms with van der Waals surface area (Å²) in [6.45, 7) is 1.90. The van der Waals surface area contributed by atoms with Crippen molar-refractivity contribution in [3.8, 4) is 23.3 Å². The van der Waals surface area contributed by atoms with Gasteiger partial charge in [-0.25, -0.2) is 9.98 Å². The van der Waals surface area contributed by atoms with Crippen molar-refractivity contribution in [2.24, 2.45) is 9.98 Å². The van der Waals surface area contributed by atoms with Gasteiger partial charge in [0, 0.05) is 6.07 Å². The lowest BCUT2D eigenvalue weighted by Gasteiger charge is -2.04. The third-order valence-electron chi connectivity index (χ3n) is 2.33. The summed E-state index contributed by atoms with van der Waals surface area (Å²) < 4.78 is 10.3. The number of pyridine rings is 1. The van der Waals surface area contributed by atoms with E-state index in [0.717, 1.165) is 0 Å². The van der Waals surface area contributed by atoms with Gasteiger partial charge in [-0.3, -0.25) is 4.99 Å². The van der Waals surface area contributed by atoms with Crippen LogP contribution in [-0.4, -0.2) is 37.3 Å². The zero-order valence-corrected chi connectivity index (χ0v) is 10.5. The third kappa shape index (κ3) is 2.66. The summed E-state index contributed by atoms with van der Waals surface area (Å²) in [7, 11) is 3.14. The summed E-state index contributed by atoms with van der Waals surface area (Å²) in [6, 6.07) is 1.74. The molecular formula is C13H13N3O2. The molecule has 2 rings (SSSR count). The molecule has 1 atom stereocenters. The highest BCUT2D eigenvalue weighted by molar-refractivity contribution is 6.39. The van der Waals surface area contributed by atoms with E-state index in [9.17, 15) is 0 Å². The van der Waals surface area contributed by atoms with Gasteiger partial charge in [0.05, 0.1) is 26.6 Å². The van der Waals surface area contributed by atoms with Crippen LogP contribution in [0.15, 0.2) is 22.2 Å². The lowest BCUT2D eigenvalue weighted by Crippen LogP contribution is -1.95. The highest BCUT2D eigenvalue weighted by Gasteiger charge is 2.06. The predicted molar refractivity (Wildman–Crippen MR) is 69.6 cm³/mol. The molecule has 0 N–H and O–H groups in total. The Labute approximate surface area is 106 Å². The summed E-state index contributed by atoms with van der Waals surface area (Å²) >= 11 is 0. The summed E-state index contributed by atoms with van der Waals surface area (Å²) in [5.41, 5.74) is 1.20. The number of aliphatic imine (C=N–C) groups is 2. The maximum Gasteiger partial charge on any atom is 0.156 e. The lowest BCUT2D eigenvalue weighted by atomic mass is 10.3. The molecule has 0 spiro atoms. The second-order valence-electron chi connectivity index (χ2n) is 3.60. The van der Waals surface area contributed by atoms with Gasteiger partial charge in [0.25, 0.3) is 0 Å². The fourth-order valence-corrected chi connectivity index (χ4v) is 1.42. The number of methoxy groups -OCH3 is 2. The highest BCUT2D eigenvalue weighted by atomic mass is 16.5. The smallest absolute Gasteiger partial charge is 0.156 e. The van der Waals surface area contributed by atoms with Crippen LogP contribution in [0.4, 0.5) is 0 Å². The van der Waals surface area contributed by atoms with E-state index in [2.05, 4.69) is 26.8 Å². The minimum absolute atomic E-state index is 0.0416. The standard InChI is InChI=1S/C13H13N3O2/c1-9-14-7-10(16-9)4-5-12-13(18-3)6-11(17-2)8-15-12/h6-9H,1-3H3. The van der Waals surface area contributed by atoms with Crippen molar-refractivity contribution >= 4 is 11.9 Å². The molecule has 1 aromatic heterocycles. The van der Waals surface area contributed by atoms with Crippen LogP contribution in [0.3, 0.4) is 0 Å². The lowest BCUT2D eigenvalue weighted by molar-refractivity contribution is 0.390. The van der Waals surface area contributed by atoms with E-state index in [4.69, 9.17) is 9.47 Å². The number of aromatic nitrogens is 1. The van der Waals surface area contributed by atoms with Crippen molar-refractivity contribution in [2.45, 2.75) is 13.1 Å². The Morgan fingerprint density at radius 3 is 2.67 bits per heavy atom. The first-order valence-corrected chi connectivity index (χ1v) is 5.44. The second kappa shape index (κ2) is 5.32. The average molecular weight is 243 g/mol. The number of hydrogen-bond donors (Lipinski definition) is 0. The molecule has 0 aromatic carbocycles. The number of ether oxygens (including phenoxy) is 2. The maximum atomic E-state index is 5.21. The summed E-state index contributed by atoms with van der Waals surface area (Å²) in [5.74, 6) is 7.03. The summed E-state index contributed by atoms with van der Waals surface area (Å²) in [6.07, 6.45) is 3.22. The van der Waals surface area contributed by atoms with E-state index >= 15 is 0 Å². The van der Waals surface area contributed by atoms with Gasteiger partial charge in [-0.15, -0.1) is 0 Å². The highest BCUT2D eigenvalue weighted by Crippen LogP contribution is 2.20. The van der Waals surface area contributed by atoms with E-state index in [0.29, 0.717) is 22.9 Å². The van der Waals surface area contributed by atoms with Crippen LogP contribution in [0.25, 0.3) is 0 Å². The maximum absolute atomic E-state index is 5.21. The zero-order valence-electron chi connectivity index (χ0n) is 10.5. The molecule has 0 bridgehead atoms. The Balaban J connectivity index is 2.27. The van der Waals surface area contributed by atoms with Crippen LogP contribution in [0.1, 0.15) is 12.6 Å². The van der Waals surface area contributed by atoms with Gasteiger partial charge in [-0.1, -0.05) is 0 Å². The number of hydrogen-bond acceptors (Lipinski definition) is 5. The molecule has 1 aliphatic heterocycles. The van der Waals surface area contributed by atoms with Crippen LogP contribution in [-0.2, 0) is 0 Å². The SMILES string of the molecule is COc1cnc(C#CC2=NC(C)N=C2)c(OC)c1. The van der Waals surface area contributed by atoms with E-state index in [1.54, 1.807) is 32.7 Å². The number of rotatable bonds is 2. The first-order chi connectivity index (χ1) is 8.72. The molecule has 0 aliphatic carbocycles. The first-order valence-electron chi connectivity index (χ1n) is 5.44. The van der Waals surface area contributed by atoms with Gasteiger partial charge in [0.1, 0.15) is 17.6 Å². The van der Waals surface area contributed by atoms with E-state index < -0.39 is 0 Å². The molecule has 1 aromatic rings. The van der Waals surface area contributed by atoms with Crippen LogP contribution < -0.4 is 9.47 Å². The molecule has 0 radical (unpaired) electrons. The molecule has 5 nitrogen and oxygen atoms in total.